The molecular formula is C16H34CoO4P. The largest absolute Gasteiger partial charge is 1.00 e. The van der Waals surface area contributed by atoms with Gasteiger partial charge in [-0.05, 0) is 24.7 Å². The third kappa shape index (κ3) is 13.1. The fourth-order valence-corrected chi connectivity index (χ4v) is 3.09. The van der Waals surface area contributed by atoms with Crippen LogP contribution in [-0.4, -0.2) is 13.2 Å². The first-order chi connectivity index (χ1) is 9.99. The summed E-state index contributed by atoms with van der Waals surface area (Å²) < 4.78 is 21.9. The van der Waals surface area contributed by atoms with Crippen molar-refractivity contribution in [3.63, 3.8) is 0 Å². The summed E-state index contributed by atoms with van der Waals surface area (Å²) in [5.41, 5.74) is 0. The maximum Gasteiger partial charge on any atom is 1.00 e. The molecule has 0 radical (unpaired) electrons. The average molecular weight is 380 g/mol. The smallest absolute Gasteiger partial charge is 0.756 e. The van der Waals surface area contributed by atoms with Gasteiger partial charge in [0.15, 0.2) is 0 Å². The second kappa shape index (κ2) is 15.2. The predicted octanol–water partition coefficient (Wildman–Crippen LogP) is 4.92. The molecule has 0 bridgehead atoms. The standard InChI is InChI=1S/C16H35O4P.Co/c1-5-9-11-15(7-3)13-19-21(17,18)20-14-16(8-4)12-10-6-2;/h15-16H,5-14H2,1-4H3,(H,17,18);/q;+1/p-1. The molecule has 0 aromatic carbocycles. The van der Waals surface area contributed by atoms with Gasteiger partial charge in [-0.25, -0.2) is 0 Å². The van der Waals surface area contributed by atoms with Crippen LogP contribution >= 0.6 is 7.82 Å². The third-order valence-corrected chi connectivity index (χ3v) is 4.95. The Labute approximate surface area is 147 Å². The van der Waals surface area contributed by atoms with Gasteiger partial charge < -0.3 is 13.9 Å². The summed E-state index contributed by atoms with van der Waals surface area (Å²) in [4.78, 5) is 11.8. The molecule has 2 unspecified atom stereocenters. The van der Waals surface area contributed by atoms with Crippen LogP contribution in [0.15, 0.2) is 0 Å². The molecule has 0 heterocycles. The molecule has 2 atom stereocenters. The first-order valence-corrected chi connectivity index (χ1v) is 10.0. The van der Waals surface area contributed by atoms with Crippen LogP contribution in [0.2, 0.25) is 0 Å². The summed E-state index contributed by atoms with van der Waals surface area (Å²) in [6, 6.07) is 0. The quantitative estimate of drug-likeness (QED) is 0.402. The molecule has 0 rings (SSSR count). The Kier molecular flexibility index (Phi) is 17.1. The van der Waals surface area contributed by atoms with Crippen LogP contribution in [0.3, 0.4) is 0 Å². The molecule has 0 saturated heterocycles. The Bertz CT molecular complexity index is 265. The van der Waals surface area contributed by atoms with Crippen LogP contribution < -0.4 is 4.89 Å². The van der Waals surface area contributed by atoms with E-state index in [1.807, 2.05) is 0 Å². The molecule has 4 nitrogen and oxygen atoms in total. The van der Waals surface area contributed by atoms with Crippen molar-refractivity contribution in [2.24, 2.45) is 11.8 Å². The van der Waals surface area contributed by atoms with Gasteiger partial charge in [-0.15, -0.1) is 0 Å². The first kappa shape index (κ1) is 24.9. The molecule has 0 amide bonds. The summed E-state index contributed by atoms with van der Waals surface area (Å²) in [7, 11) is -4.14. The van der Waals surface area contributed by atoms with E-state index < -0.39 is 7.82 Å². The zero-order chi connectivity index (χ0) is 16.1. The Hall–Kier alpha value is 0.616. The summed E-state index contributed by atoms with van der Waals surface area (Å²) in [5.74, 6) is 0.607. The van der Waals surface area contributed by atoms with Crippen molar-refractivity contribution in [2.75, 3.05) is 13.2 Å². The number of hydrogen-bond donors (Lipinski definition) is 0. The minimum absolute atomic E-state index is 0. The zero-order valence-electron chi connectivity index (χ0n) is 14.6. The topological polar surface area (TPSA) is 58.6 Å². The van der Waals surface area contributed by atoms with Gasteiger partial charge in [0.2, 0.25) is 0 Å². The Morgan fingerprint density at radius 1 is 0.864 bits per heavy atom. The molecule has 0 aliphatic heterocycles. The van der Waals surface area contributed by atoms with Gasteiger partial charge in [-0.3, -0.25) is 4.57 Å². The SMILES string of the molecule is CCCCC(CC)COP(=O)([O-])OCC(CC)CCCC.[Co+]. The van der Waals surface area contributed by atoms with Crippen molar-refractivity contribution < 1.29 is 35.3 Å². The zero-order valence-corrected chi connectivity index (χ0v) is 16.6. The van der Waals surface area contributed by atoms with Gasteiger partial charge in [-0.1, -0.05) is 66.2 Å². The summed E-state index contributed by atoms with van der Waals surface area (Å²) in [5, 5.41) is 0. The van der Waals surface area contributed by atoms with Crippen molar-refractivity contribution in [3.05, 3.63) is 0 Å². The maximum atomic E-state index is 11.8. The van der Waals surface area contributed by atoms with Crippen molar-refractivity contribution in [3.8, 4) is 0 Å². The van der Waals surface area contributed by atoms with E-state index in [0.29, 0.717) is 11.8 Å². The second-order valence-electron chi connectivity index (χ2n) is 5.87. The molecule has 0 aliphatic rings. The summed E-state index contributed by atoms with van der Waals surface area (Å²) in [6.07, 6.45) is 8.38. The molecule has 0 spiro atoms. The molecular weight excluding hydrogens is 346 g/mol. The van der Waals surface area contributed by atoms with Gasteiger partial charge in [0.25, 0.3) is 7.82 Å². The monoisotopic (exact) mass is 380 g/mol. The number of rotatable bonds is 14. The Morgan fingerprint density at radius 2 is 1.23 bits per heavy atom. The molecule has 136 valence electrons. The molecule has 0 aliphatic carbocycles. The van der Waals surface area contributed by atoms with Crippen molar-refractivity contribution in [1.82, 2.24) is 0 Å². The Balaban J connectivity index is 0. The van der Waals surface area contributed by atoms with Crippen LogP contribution in [0.4, 0.5) is 0 Å². The van der Waals surface area contributed by atoms with Crippen LogP contribution in [0.1, 0.15) is 79.1 Å². The van der Waals surface area contributed by atoms with Crippen molar-refractivity contribution in [1.29, 1.82) is 0 Å². The first-order valence-electron chi connectivity index (χ1n) is 8.59. The van der Waals surface area contributed by atoms with Gasteiger partial charge in [0, 0.05) is 0 Å². The van der Waals surface area contributed by atoms with E-state index in [9.17, 15) is 9.46 Å². The van der Waals surface area contributed by atoms with E-state index in [0.717, 1.165) is 51.4 Å². The number of phosphoric ester groups is 1. The predicted molar refractivity (Wildman–Crippen MR) is 86.1 cm³/mol. The average Bonchev–Trinajstić information content (AvgIpc) is 2.47. The van der Waals surface area contributed by atoms with Crippen molar-refractivity contribution in [2.45, 2.75) is 79.1 Å². The minimum Gasteiger partial charge on any atom is -0.756 e. The van der Waals surface area contributed by atoms with E-state index in [4.69, 9.17) is 9.05 Å². The van der Waals surface area contributed by atoms with Crippen LogP contribution in [-0.2, 0) is 30.4 Å². The fourth-order valence-electron chi connectivity index (χ4n) is 2.23. The molecule has 0 N–H and O–H groups in total. The van der Waals surface area contributed by atoms with Crippen LogP contribution in [0.25, 0.3) is 0 Å². The minimum atomic E-state index is -4.14. The second-order valence-corrected chi connectivity index (χ2v) is 7.28. The van der Waals surface area contributed by atoms with Gasteiger partial charge >= 0.3 is 16.8 Å². The molecule has 0 aromatic heterocycles. The van der Waals surface area contributed by atoms with E-state index in [1.54, 1.807) is 0 Å². The van der Waals surface area contributed by atoms with E-state index in [2.05, 4.69) is 27.7 Å². The van der Waals surface area contributed by atoms with Gasteiger partial charge in [0.1, 0.15) is 0 Å². The maximum absolute atomic E-state index is 11.8. The van der Waals surface area contributed by atoms with Gasteiger partial charge in [-0.2, -0.15) is 0 Å². The van der Waals surface area contributed by atoms with Crippen molar-refractivity contribution >= 4 is 7.82 Å². The molecule has 22 heavy (non-hydrogen) atoms. The van der Waals surface area contributed by atoms with Gasteiger partial charge in [0.05, 0.1) is 13.2 Å². The molecule has 0 aromatic rings. The third-order valence-electron chi connectivity index (χ3n) is 4.02. The molecule has 0 fully saturated rings. The summed E-state index contributed by atoms with van der Waals surface area (Å²) >= 11 is 0. The number of unbranched alkanes of at least 4 members (excludes halogenated alkanes) is 2. The normalized spacial score (nSPS) is 16.6. The molecule has 6 heteroatoms. The Morgan fingerprint density at radius 3 is 1.50 bits per heavy atom. The molecule has 0 saturated carbocycles. The fraction of sp³-hybridized carbons (Fsp3) is 1.00. The van der Waals surface area contributed by atoms with E-state index >= 15 is 0 Å². The summed E-state index contributed by atoms with van der Waals surface area (Å²) in [6.45, 7) is 8.91. The number of hydrogen-bond acceptors (Lipinski definition) is 4. The van der Waals surface area contributed by atoms with E-state index in [-0.39, 0.29) is 30.0 Å². The van der Waals surface area contributed by atoms with Crippen LogP contribution in [0.5, 0.6) is 0 Å². The van der Waals surface area contributed by atoms with Crippen LogP contribution in [0, 0.1) is 11.8 Å². The van der Waals surface area contributed by atoms with E-state index in [1.165, 1.54) is 0 Å². The number of phosphoric acid groups is 1.